The van der Waals surface area contributed by atoms with Crippen molar-refractivity contribution in [3.8, 4) is 11.5 Å². The Kier molecular flexibility index (Phi) is 7.03. The van der Waals surface area contributed by atoms with Gasteiger partial charge in [0.25, 0.3) is 5.91 Å². The number of nitrogens with two attached hydrogens (primary N) is 1. The minimum absolute atomic E-state index is 0.0727. The Morgan fingerprint density at radius 3 is 2.34 bits per heavy atom. The summed E-state index contributed by atoms with van der Waals surface area (Å²) in [4.78, 5) is 30.2. The zero-order valence-electron chi connectivity index (χ0n) is 19.8. The van der Waals surface area contributed by atoms with Gasteiger partial charge in [0.05, 0.1) is 30.2 Å². The van der Waals surface area contributed by atoms with Crippen LogP contribution in [0.1, 0.15) is 35.2 Å². The summed E-state index contributed by atoms with van der Waals surface area (Å²) in [6.07, 6.45) is 4.46. The molecule has 0 aromatic heterocycles. The summed E-state index contributed by atoms with van der Waals surface area (Å²) in [5, 5.41) is 7.90. The van der Waals surface area contributed by atoms with Crippen LogP contribution in [0.4, 0.5) is 5.69 Å². The number of hydrogen-bond donors (Lipinski definition) is 2. The average molecular weight is 497 g/mol. The number of amides is 2. The van der Waals surface area contributed by atoms with Gasteiger partial charge in [0, 0.05) is 54.9 Å². The summed E-state index contributed by atoms with van der Waals surface area (Å²) in [6, 6.07) is 10.5. The molecule has 3 N–H and O–H groups in total. The quantitative estimate of drug-likeness (QED) is 0.588. The normalized spacial score (nSPS) is 17.6. The first-order valence-corrected chi connectivity index (χ1v) is 11.8. The van der Waals surface area contributed by atoms with Gasteiger partial charge in [-0.15, -0.1) is 0 Å². The van der Waals surface area contributed by atoms with E-state index in [1.54, 1.807) is 42.2 Å². The monoisotopic (exact) mass is 496 g/mol. The molecular formula is C26H29ClN4O4. The van der Waals surface area contributed by atoms with Crippen LogP contribution in [0.3, 0.4) is 0 Å². The first-order chi connectivity index (χ1) is 16.9. The Balaban J connectivity index is 1.48. The fraction of sp³-hybridized carbons (Fsp3) is 0.346. The predicted molar refractivity (Wildman–Crippen MR) is 136 cm³/mol. The van der Waals surface area contributed by atoms with Crippen molar-refractivity contribution in [3.63, 3.8) is 0 Å². The Bertz CT molecular complexity index is 1190. The maximum Gasteiger partial charge on any atom is 0.255 e. The summed E-state index contributed by atoms with van der Waals surface area (Å²) in [5.74, 6) is 1.08. The summed E-state index contributed by atoms with van der Waals surface area (Å²) in [5.41, 5.74) is 7.56. The molecule has 2 aliphatic heterocycles. The molecule has 2 fully saturated rings. The van der Waals surface area contributed by atoms with Crippen molar-refractivity contribution in [1.29, 1.82) is 5.41 Å². The summed E-state index contributed by atoms with van der Waals surface area (Å²) in [7, 11) is 3.10. The fourth-order valence-electron chi connectivity index (χ4n) is 4.94. The minimum atomic E-state index is -0.482. The van der Waals surface area contributed by atoms with Gasteiger partial charge >= 0.3 is 0 Å². The van der Waals surface area contributed by atoms with E-state index in [1.165, 1.54) is 12.4 Å². The van der Waals surface area contributed by atoms with Gasteiger partial charge in [-0.25, -0.2) is 0 Å². The van der Waals surface area contributed by atoms with Gasteiger partial charge < -0.3 is 30.4 Å². The molecule has 8 nitrogen and oxygen atoms in total. The molecule has 2 aliphatic rings. The van der Waals surface area contributed by atoms with Crippen LogP contribution in [-0.4, -0.2) is 56.8 Å². The van der Waals surface area contributed by atoms with Crippen molar-refractivity contribution in [2.24, 2.45) is 11.1 Å². The van der Waals surface area contributed by atoms with E-state index in [0.717, 1.165) is 12.1 Å². The van der Waals surface area contributed by atoms with E-state index < -0.39 is 5.41 Å². The van der Waals surface area contributed by atoms with Crippen LogP contribution in [0.25, 0.3) is 5.57 Å². The molecule has 0 unspecified atom stereocenters. The lowest BCUT2D eigenvalue weighted by molar-refractivity contribution is -0.127. The number of carbonyl (C=O) groups excluding carboxylic acids is 2. The number of nitrogens with one attached hydrogen (secondary N) is 1. The van der Waals surface area contributed by atoms with Crippen molar-refractivity contribution in [3.05, 3.63) is 58.7 Å². The number of halogens is 1. The molecule has 1 spiro atoms. The second-order valence-corrected chi connectivity index (χ2v) is 9.18. The fourth-order valence-corrected chi connectivity index (χ4v) is 5.19. The molecular weight excluding hydrogens is 468 g/mol. The summed E-state index contributed by atoms with van der Waals surface area (Å²) in [6.45, 7) is 1.59. The second kappa shape index (κ2) is 10.00. The van der Waals surface area contributed by atoms with E-state index in [4.69, 9.17) is 32.2 Å². The molecule has 4 rings (SSSR count). The van der Waals surface area contributed by atoms with Gasteiger partial charge in [0.2, 0.25) is 5.91 Å². The molecule has 9 heteroatoms. The molecule has 0 radical (unpaired) electrons. The molecule has 2 aromatic carbocycles. The lowest BCUT2D eigenvalue weighted by Gasteiger charge is -2.38. The van der Waals surface area contributed by atoms with Gasteiger partial charge in [-0.05, 0) is 49.6 Å². The average Bonchev–Trinajstić information content (AvgIpc) is 3.20. The van der Waals surface area contributed by atoms with Crippen LogP contribution in [-0.2, 0) is 4.79 Å². The second-order valence-electron chi connectivity index (χ2n) is 8.78. The van der Waals surface area contributed by atoms with Gasteiger partial charge in [-0.2, -0.15) is 0 Å². The molecule has 2 aromatic rings. The number of benzene rings is 2. The van der Waals surface area contributed by atoms with Crippen LogP contribution in [0.2, 0.25) is 5.02 Å². The zero-order valence-corrected chi connectivity index (χ0v) is 20.6. The Labute approximate surface area is 209 Å². The number of carbonyl (C=O) groups is 2. The molecule has 0 bridgehead atoms. The van der Waals surface area contributed by atoms with Gasteiger partial charge in [-0.1, -0.05) is 11.6 Å². The molecule has 0 atom stereocenters. The maximum atomic E-state index is 13.6. The molecule has 2 amide bonds. The molecule has 0 aliphatic carbocycles. The summed E-state index contributed by atoms with van der Waals surface area (Å²) < 4.78 is 10.7. The van der Waals surface area contributed by atoms with E-state index in [2.05, 4.69) is 0 Å². The Morgan fingerprint density at radius 1 is 1.06 bits per heavy atom. The third-order valence-corrected chi connectivity index (χ3v) is 7.38. The highest BCUT2D eigenvalue weighted by molar-refractivity contribution is 6.34. The third kappa shape index (κ3) is 4.46. The largest absolute Gasteiger partial charge is 0.497 e. The first kappa shape index (κ1) is 24.6. The van der Waals surface area contributed by atoms with Crippen molar-refractivity contribution in [2.75, 3.05) is 38.8 Å². The lowest BCUT2D eigenvalue weighted by Crippen LogP contribution is -2.46. The number of hydrogen-bond acceptors (Lipinski definition) is 6. The van der Waals surface area contributed by atoms with Gasteiger partial charge in [0.1, 0.15) is 11.5 Å². The highest BCUT2D eigenvalue weighted by Crippen LogP contribution is 2.44. The Hall–Kier alpha value is -3.52. The number of nitrogens with zero attached hydrogens (tertiary/aromatic N) is 2. The number of piperidine rings is 1. The van der Waals surface area contributed by atoms with Gasteiger partial charge in [-0.3, -0.25) is 9.59 Å². The SMILES string of the molecule is COc1ccc(C(=O)N2CCC3(CC2)CCN(c2ccc(/C(C=N)=C/N)c(OC)c2)C3=O)c(Cl)c1. The van der Waals surface area contributed by atoms with E-state index in [-0.39, 0.29) is 11.8 Å². The topological polar surface area (TPSA) is 109 Å². The number of rotatable bonds is 6. The first-order valence-electron chi connectivity index (χ1n) is 11.4. The smallest absolute Gasteiger partial charge is 0.255 e. The minimum Gasteiger partial charge on any atom is -0.497 e. The molecule has 0 saturated carbocycles. The molecule has 2 heterocycles. The number of allylic oxidation sites excluding steroid dienone is 1. The number of anilines is 1. The van der Waals surface area contributed by atoms with Crippen LogP contribution in [0.15, 0.2) is 42.6 Å². The van der Waals surface area contributed by atoms with Gasteiger partial charge in [0.15, 0.2) is 0 Å². The van der Waals surface area contributed by atoms with Crippen molar-refractivity contribution in [1.82, 2.24) is 4.90 Å². The zero-order chi connectivity index (χ0) is 25.2. The highest BCUT2D eigenvalue weighted by Gasteiger charge is 2.49. The maximum absolute atomic E-state index is 13.6. The van der Waals surface area contributed by atoms with Crippen LogP contribution in [0.5, 0.6) is 11.5 Å². The van der Waals surface area contributed by atoms with Crippen molar-refractivity contribution in [2.45, 2.75) is 19.3 Å². The van der Waals surface area contributed by atoms with Crippen LogP contribution < -0.4 is 20.1 Å². The van der Waals surface area contributed by atoms with Crippen molar-refractivity contribution < 1.29 is 19.1 Å². The van der Waals surface area contributed by atoms with Crippen LogP contribution in [0, 0.1) is 10.8 Å². The molecule has 35 heavy (non-hydrogen) atoms. The van der Waals surface area contributed by atoms with E-state index >= 15 is 0 Å². The number of ether oxygens (including phenoxy) is 2. The third-order valence-electron chi connectivity index (χ3n) is 7.07. The van der Waals surface area contributed by atoms with Crippen molar-refractivity contribution >= 4 is 40.9 Å². The standard InChI is InChI=1S/C26H29ClN4O4/c1-34-19-4-6-21(22(27)14-19)24(32)30-10-7-26(8-11-30)9-12-31(25(26)33)18-3-5-20(17(15-28)16-29)23(13-18)35-2/h3-6,13-16,28H,7-12,29H2,1-2H3/b17-16+,28-15?. The Morgan fingerprint density at radius 2 is 1.74 bits per heavy atom. The number of likely N-dealkylation sites (tertiary alicyclic amines) is 1. The summed E-state index contributed by atoms with van der Waals surface area (Å²) >= 11 is 6.31. The number of methoxy groups -OCH3 is 2. The molecule has 184 valence electrons. The predicted octanol–water partition coefficient (Wildman–Crippen LogP) is 3.97. The highest BCUT2D eigenvalue weighted by atomic mass is 35.5. The van der Waals surface area contributed by atoms with Crippen LogP contribution >= 0.6 is 11.6 Å². The van der Waals surface area contributed by atoms with E-state index in [9.17, 15) is 9.59 Å². The molecule has 2 saturated heterocycles. The van der Waals surface area contributed by atoms with E-state index in [0.29, 0.717) is 65.7 Å². The van der Waals surface area contributed by atoms with E-state index in [1.807, 2.05) is 18.2 Å². The lowest BCUT2D eigenvalue weighted by atomic mass is 9.77.